The van der Waals surface area contributed by atoms with Gasteiger partial charge in [-0.3, -0.25) is 4.79 Å². The molecule has 0 spiro atoms. The zero-order valence-corrected chi connectivity index (χ0v) is 13.4. The molecule has 0 saturated carbocycles. The molecule has 2 aromatic carbocycles. The van der Waals surface area contributed by atoms with Crippen LogP contribution in [0.15, 0.2) is 42.5 Å². The van der Waals surface area contributed by atoms with Gasteiger partial charge in [0.05, 0.1) is 10.7 Å². The van der Waals surface area contributed by atoms with Crippen molar-refractivity contribution in [3.63, 3.8) is 0 Å². The minimum Gasteiger partial charge on any atom is -0.454 e. The fourth-order valence-electron chi connectivity index (χ4n) is 2.17. The second-order valence-corrected chi connectivity index (χ2v) is 5.33. The number of ether oxygens (including phenoxy) is 3. The summed E-state index contributed by atoms with van der Waals surface area (Å²) in [6.45, 7) is -2.86. The average Bonchev–Trinajstić information content (AvgIpc) is 3.01. The molecule has 2 aromatic rings. The molecule has 8 heteroatoms. The Morgan fingerprint density at radius 3 is 2.72 bits per heavy atom. The van der Waals surface area contributed by atoms with Gasteiger partial charge in [-0.2, -0.15) is 8.78 Å². The van der Waals surface area contributed by atoms with Crippen LogP contribution in [0.5, 0.6) is 17.2 Å². The minimum absolute atomic E-state index is 0.0253. The first-order chi connectivity index (χ1) is 12.0. The average molecular weight is 368 g/mol. The Morgan fingerprint density at radius 2 is 1.96 bits per heavy atom. The van der Waals surface area contributed by atoms with E-state index >= 15 is 0 Å². The van der Waals surface area contributed by atoms with Crippen LogP contribution >= 0.6 is 11.6 Å². The third-order valence-corrected chi connectivity index (χ3v) is 3.58. The van der Waals surface area contributed by atoms with Crippen molar-refractivity contribution < 1.29 is 27.8 Å². The third kappa shape index (κ3) is 4.19. The van der Waals surface area contributed by atoms with Crippen molar-refractivity contribution in [3.05, 3.63) is 53.1 Å². The summed E-state index contributed by atoms with van der Waals surface area (Å²) in [7, 11) is 0. The molecule has 0 saturated heterocycles. The summed E-state index contributed by atoms with van der Waals surface area (Å²) in [5.74, 6) is 0.450. The van der Waals surface area contributed by atoms with Crippen LogP contribution in [-0.2, 0) is 4.79 Å². The fraction of sp³-hybridized carbons (Fsp3) is 0.118. The van der Waals surface area contributed by atoms with Gasteiger partial charge in [0.25, 0.3) is 0 Å². The topological polar surface area (TPSA) is 56.8 Å². The maximum atomic E-state index is 12.4. The standard InChI is InChI=1S/C17H12ClF2NO4/c18-11-7-14-15(24-9-23-14)8-12(11)21-16(22)6-5-10-3-1-2-4-13(10)25-17(19)20/h1-8,17H,9H2,(H,21,22). The Balaban J connectivity index is 1.72. The number of nitrogens with one attached hydrogen (secondary N) is 1. The molecule has 0 fully saturated rings. The number of halogens is 3. The predicted molar refractivity (Wildman–Crippen MR) is 88.3 cm³/mol. The smallest absolute Gasteiger partial charge is 0.387 e. The van der Waals surface area contributed by atoms with E-state index in [0.29, 0.717) is 22.7 Å². The van der Waals surface area contributed by atoms with Crippen molar-refractivity contribution >= 4 is 29.3 Å². The first-order valence-corrected chi connectivity index (χ1v) is 7.53. The molecule has 0 unspecified atom stereocenters. The quantitative estimate of drug-likeness (QED) is 0.799. The molecule has 1 aliphatic heterocycles. The summed E-state index contributed by atoms with van der Waals surface area (Å²) >= 11 is 6.07. The van der Waals surface area contributed by atoms with Gasteiger partial charge in [-0.15, -0.1) is 0 Å². The monoisotopic (exact) mass is 367 g/mol. The van der Waals surface area contributed by atoms with Gasteiger partial charge in [0.15, 0.2) is 11.5 Å². The van der Waals surface area contributed by atoms with Gasteiger partial charge in [-0.05, 0) is 12.1 Å². The number of amides is 1. The van der Waals surface area contributed by atoms with Gasteiger partial charge < -0.3 is 19.5 Å². The largest absolute Gasteiger partial charge is 0.454 e. The molecular formula is C17H12ClF2NO4. The molecular weight excluding hydrogens is 356 g/mol. The first kappa shape index (κ1) is 17.0. The van der Waals surface area contributed by atoms with E-state index in [-0.39, 0.29) is 17.6 Å². The van der Waals surface area contributed by atoms with E-state index in [2.05, 4.69) is 10.1 Å². The molecule has 0 radical (unpaired) electrons. The normalized spacial score (nSPS) is 12.6. The number of carbonyl (C=O) groups excluding carboxylic acids is 1. The van der Waals surface area contributed by atoms with Crippen LogP contribution in [0, 0.1) is 0 Å². The number of anilines is 1. The molecule has 5 nitrogen and oxygen atoms in total. The number of benzene rings is 2. The first-order valence-electron chi connectivity index (χ1n) is 7.15. The molecule has 1 N–H and O–H groups in total. The number of hydrogen-bond acceptors (Lipinski definition) is 4. The summed E-state index contributed by atoms with van der Waals surface area (Å²) in [4.78, 5) is 12.1. The molecule has 0 atom stereocenters. The SMILES string of the molecule is O=C(C=Cc1ccccc1OC(F)F)Nc1cc2c(cc1Cl)OCO2. The van der Waals surface area contributed by atoms with Crippen molar-refractivity contribution in [2.24, 2.45) is 0 Å². The number of para-hydroxylation sites is 1. The lowest BCUT2D eigenvalue weighted by Gasteiger charge is -2.08. The number of hydrogen-bond donors (Lipinski definition) is 1. The van der Waals surface area contributed by atoms with Gasteiger partial charge in [-0.1, -0.05) is 29.8 Å². The Bertz CT molecular complexity index is 826. The van der Waals surface area contributed by atoms with E-state index in [1.807, 2.05) is 0 Å². The molecule has 3 rings (SSSR count). The summed E-state index contributed by atoms with van der Waals surface area (Å²) < 4.78 is 39.6. The summed E-state index contributed by atoms with van der Waals surface area (Å²) in [5, 5.41) is 2.87. The molecule has 1 amide bonds. The summed E-state index contributed by atoms with van der Waals surface area (Å²) in [6, 6.07) is 9.22. The molecule has 1 aliphatic rings. The Kier molecular flexibility index (Phi) is 5.04. The highest BCUT2D eigenvalue weighted by molar-refractivity contribution is 6.34. The van der Waals surface area contributed by atoms with Crippen LogP contribution in [0.3, 0.4) is 0 Å². The van der Waals surface area contributed by atoms with E-state index < -0.39 is 12.5 Å². The highest BCUT2D eigenvalue weighted by atomic mass is 35.5. The zero-order chi connectivity index (χ0) is 17.8. The van der Waals surface area contributed by atoms with E-state index in [1.165, 1.54) is 24.3 Å². The Labute approximate surface area is 146 Å². The van der Waals surface area contributed by atoms with Gasteiger partial charge in [0, 0.05) is 23.8 Å². The third-order valence-electron chi connectivity index (χ3n) is 3.27. The summed E-state index contributed by atoms with van der Waals surface area (Å²) in [6.07, 6.45) is 2.56. The second-order valence-electron chi connectivity index (χ2n) is 4.92. The van der Waals surface area contributed by atoms with Gasteiger partial charge in [-0.25, -0.2) is 0 Å². The second kappa shape index (κ2) is 7.40. The van der Waals surface area contributed by atoms with E-state index in [9.17, 15) is 13.6 Å². The Hall–Kier alpha value is -2.80. The molecule has 130 valence electrons. The molecule has 25 heavy (non-hydrogen) atoms. The lowest BCUT2D eigenvalue weighted by atomic mass is 10.2. The maximum Gasteiger partial charge on any atom is 0.387 e. The highest BCUT2D eigenvalue weighted by Gasteiger charge is 2.17. The zero-order valence-electron chi connectivity index (χ0n) is 12.7. The minimum atomic E-state index is -2.95. The Morgan fingerprint density at radius 1 is 1.24 bits per heavy atom. The number of rotatable bonds is 5. The summed E-state index contributed by atoms with van der Waals surface area (Å²) in [5.41, 5.74) is 0.687. The molecule has 0 bridgehead atoms. The van der Waals surface area contributed by atoms with Crippen molar-refractivity contribution in [2.45, 2.75) is 6.61 Å². The van der Waals surface area contributed by atoms with E-state index in [0.717, 1.165) is 0 Å². The van der Waals surface area contributed by atoms with Gasteiger partial charge in [0.2, 0.25) is 12.7 Å². The van der Waals surface area contributed by atoms with Crippen LogP contribution < -0.4 is 19.5 Å². The van der Waals surface area contributed by atoms with Crippen LogP contribution in [0.1, 0.15) is 5.56 Å². The highest BCUT2D eigenvalue weighted by Crippen LogP contribution is 2.39. The predicted octanol–water partition coefficient (Wildman–Crippen LogP) is 4.32. The van der Waals surface area contributed by atoms with Crippen LogP contribution in [0.4, 0.5) is 14.5 Å². The van der Waals surface area contributed by atoms with E-state index in [1.54, 1.807) is 24.3 Å². The van der Waals surface area contributed by atoms with Crippen LogP contribution in [0.2, 0.25) is 5.02 Å². The number of carbonyl (C=O) groups is 1. The van der Waals surface area contributed by atoms with Gasteiger partial charge >= 0.3 is 6.61 Å². The molecule has 1 heterocycles. The molecule has 0 aromatic heterocycles. The van der Waals surface area contributed by atoms with Gasteiger partial charge in [0.1, 0.15) is 5.75 Å². The van der Waals surface area contributed by atoms with Crippen molar-refractivity contribution in [3.8, 4) is 17.2 Å². The lowest BCUT2D eigenvalue weighted by molar-refractivity contribution is -0.111. The fourth-order valence-corrected chi connectivity index (χ4v) is 2.38. The van der Waals surface area contributed by atoms with Crippen LogP contribution in [-0.4, -0.2) is 19.3 Å². The van der Waals surface area contributed by atoms with Crippen LogP contribution in [0.25, 0.3) is 6.08 Å². The maximum absolute atomic E-state index is 12.4. The van der Waals surface area contributed by atoms with Crippen molar-refractivity contribution in [2.75, 3.05) is 12.1 Å². The number of alkyl halides is 2. The van der Waals surface area contributed by atoms with Crippen molar-refractivity contribution in [1.29, 1.82) is 0 Å². The van der Waals surface area contributed by atoms with E-state index in [4.69, 9.17) is 21.1 Å². The lowest BCUT2D eigenvalue weighted by Crippen LogP contribution is -2.08. The molecule has 0 aliphatic carbocycles. The van der Waals surface area contributed by atoms with Crippen molar-refractivity contribution in [1.82, 2.24) is 0 Å². The number of fused-ring (bicyclic) bond motifs is 1.